The standard InChI is InChI=1S/C28H30ClNO5.C2H6/c1-5-20-14-18(3)23(19(4)15-20)12-17(2)13-24-25(29)7-6-22(27(24)33)28(34)30-10-8-21(9-11-30)35-16-26(31)32;1-2/h1,6-7,12,14-15,21,33H,8-11,13,16H2,2-4H3,(H,31,32);1-2H3/b17-12+;. The van der Waals surface area contributed by atoms with Crippen molar-refractivity contribution in [2.75, 3.05) is 19.7 Å². The van der Waals surface area contributed by atoms with Crippen LogP contribution < -0.4 is 0 Å². The summed E-state index contributed by atoms with van der Waals surface area (Å²) in [6, 6.07) is 7.11. The number of nitrogens with zero attached hydrogens (tertiary/aromatic N) is 1. The van der Waals surface area contributed by atoms with Gasteiger partial charge in [-0.3, -0.25) is 4.79 Å². The molecule has 0 atom stereocenters. The molecule has 0 saturated carbocycles. The van der Waals surface area contributed by atoms with Gasteiger partial charge in [-0.05, 0) is 81.0 Å². The molecule has 1 amide bonds. The number of halogens is 1. The maximum atomic E-state index is 13.1. The normalized spacial score (nSPS) is 14.0. The maximum absolute atomic E-state index is 13.1. The number of hydrogen-bond donors (Lipinski definition) is 2. The van der Waals surface area contributed by atoms with E-state index in [2.05, 4.69) is 12.0 Å². The van der Waals surface area contributed by atoms with Crippen LogP contribution in [0.1, 0.15) is 71.8 Å². The summed E-state index contributed by atoms with van der Waals surface area (Å²) in [5.41, 5.74) is 5.70. The molecule has 2 N–H and O–H groups in total. The summed E-state index contributed by atoms with van der Waals surface area (Å²) in [6.07, 6.45) is 8.85. The average Bonchev–Trinajstić information content (AvgIpc) is 2.88. The summed E-state index contributed by atoms with van der Waals surface area (Å²) in [5, 5.41) is 20.1. The number of allylic oxidation sites excluding steroid dienone is 1. The third-order valence-corrected chi connectivity index (χ3v) is 6.59. The fourth-order valence-electron chi connectivity index (χ4n) is 4.40. The van der Waals surface area contributed by atoms with E-state index < -0.39 is 5.97 Å². The number of phenolic OH excluding ortho intramolecular Hbond substituents is 1. The number of carbonyl (C=O) groups excluding carboxylic acids is 1. The lowest BCUT2D eigenvalue weighted by Gasteiger charge is -2.32. The van der Waals surface area contributed by atoms with E-state index in [0.29, 0.717) is 42.9 Å². The Balaban J connectivity index is 0.00000235. The third-order valence-electron chi connectivity index (χ3n) is 6.23. The zero-order chi connectivity index (χ0) is 27.7. The minimum atomic E-state index is -1.01. The number of aromatic hydroxyl groups is 1. The van der Waals surface area contributed by atoms with E-state index in [1.807, 2.05) is 46.8 Å². The molecule has 1 aliphatic rings. The van der Waals surface area contributed by atoms with Crippen molar-refractivity contribution in [2.24, 2.45) is 0 Å². The molecular formula is C30H36ClNO5. The van der Waals surface area contributed by atoms with Crippen molar-refractivity contribution >= 4 is 29.6 Å². The van der Waals surface area contributed by atoms with Gasteiger partial charge in [0.15, 0.2) is 0 Å². The topological polar surface area (TPSA) is 87.1 Å². The van der Waals surface area contributed by atoms with Crippen LogP contribution in [0.5, 0.6) is 5.75 Å². The Kier molecular flexibility index (Phi) is 11.2. The Bertz CT molecular complexity index is 1180. The number of ether oxygens (including phenoxy) is 1. The molecule has 3 rings (SSSR count). The van der Waals surface area contributed by atoms with Crippen molar-refractivity contribution in [3.05, 3.63) is 68.2 Å². The molecule has 1 aliphatic heterocycles. The van der Waals surface area contributed by atoms with Gasteiger partial charge < -0.3 is 19.8 Å². The molecule has 0 unspecified atom stereocenters. The number of rotatable bonds is 7. The summed E-state index contributed by atoms with van der Waals surface area (Å²) in [4.78, 5) is 25.5. The molecule has 0 radical (unpaired) electrons. The van der Waals surface area contributed by atoms with Crippen LogP contribution in [-0.4, -0.2) is 52.8 Å². The number of carboxylic acids is 1. The highest BCUT2D eigenvalue weighted by Crippen LogP contribution is 2.33. The zero-order valence-electron chi connectivity index (χ0n) is 22.2. The van der Waals surface area contributed by atoms with Gasteiger partial charge in [-0.2, -0.15) is 0 Å². The fraction of sp³-hybridized carbons (Fsp3) is 0.400. The number of carbonyl (C=O) groups is 2. The molecule has 6 nitrogen and oxygen atoms in total. The van der Waals surface area contributed by atoms with Crippen LogP contribution in [-0.2, 0) is 16.0 Å². The lowest BCUT2D eigenvalue weighted by molar-refractivity contribution is -0.145. The fourth-order valence-corrected chi connectivity index (χ4v) is 4.62. The molecule has 0 spiro atoms. The van der Waals surface area contributed by atoms with E-state index in [1.54, 1.807) is 17.0 Å². The van der Waals surface area contributed by atoms with Crippen LogP contribution in [0.2, 0.25) is 5.02 Å². The summed E-state index contributed by atoms with van der Waals surface area (Å²) in [6.45, 7) is 10.5. The second-order valence-corrected chi connectivity index (χ2v) is 9.36. The van der Waals surface area contributed by atoms with Crippen molar-refractivity contribution in [2.45, 2.75) is 60.0 Å². The van der Waals surface area contributed by atoms with Crippen LogP contribution in [0.3, 0.4) is 0 Å². The third kappa shape index (κ3) is 7.85. The predicted molar refractivity (Wildman–Crippen MR) is 148 cm³/mol. The van der Waals surface area contributed by atoms with Crippen molar-refractivity contribution in [3.63, 3.8) is 0 Å². The molecule has 198 valence electrons. The Morgan fingerprint density at radius 3 is 2.32 bits per heavy atom. The number of phenols is 1. The monoisotopic (exact) mass is 525 g/mol. The highest BCUT2D eigenvalue weighted by atomic mass is 35.5. The van der Waals surface area contributed by atoms with Crippen LogP contribution >= 0.6 is 11.6 Å². The maximum Gasteiger partial charge on any atom is 0.329 e. The van der Waals surface area contributed by atoms with Crippen LogP contribution in [0, 0.1) is 26.2 Å². The largest absolute Gasteiger partial charge is 0.507 e. The number of aryl methyl sites for hydroxylation is 2. The van der Waals surface area contributed by atoms with E-state index in [-0.39, 0.29) is 29.9 Å². The molecule has 1 saturated heterocycles. The van der Waals surface area contributed by atoms with Gasteiger partial charge in [0.05, 0.1) is 11.7 Å². The average molecular weight is 526 g/mol. The number of likely N-dealkylation sites (tertiary alicyclic amines) is 1. The summed E-state index contributed by atoms with van der Waals surface area (Å²) < 4.78 is 5.34. The molecule has 2 aromatic rings. The second kappa shape index (κ2) is 13.9. The Morgan fingerprint density at radius 2 is 1.78 bits per heavy atom. The van der Waals surface area contributed by atoms with Crippen molar-refractivity contribution in [3.8, 4) is 18.1 Å². The van der Waals surface area contributed by atoms with Gasteiger partial charge in [0.2, 0.25) is 0 Å². The van der Waals surface area contributed by atoms with E-state index in [4.69, 9.17) is 27.9 Å². The SMILES string of the molecule is C#Cc1cc(C)c(/C=C(\C)Cc2c(Cl)ccc(C(=O)N3CCC(OCC(=O)O)CC3)c2O)c(C)c1.CC. The Morgan fingerprint density at radius 1 is 1.19 bits per heavy atom. The van der Waals surface area contributed by atoms with Gasteiger partial charge in [-0.15, -0.1) is 6.42 Å². The highest BCUT2D eigenvalue weighted by molar-refractivity contribution is 6.31. The molecular weight excluding hydrogens is 490 g/mol. The molecule has 2 aromatic carbocycles. The number of carboxylic acid groups (broad SMARTS) is 1. The van der Waals surface area contributed by atoms with Crippen molar-refractivity contribution in [1.82, 2.24) is 4.90 Å². The van der Waals surface area contributed by atoms with Crippen LogP contribution in [0.25, 0.3) is 6.08 Å². The van der Waals surface area contributed by atoms with Gasteiger partial charge in [-0.25, -0.2) is 4.79 Å². The van der Waals surface area contributed by atoms with Crippen molar-refractivity contribution in [1.29, 1.82) is 0 Å². The molecule has 0 aromatic heterocycles. The first-order valence-electron chi connectivity index (χ1n) is 12.5. The molecule has 0 bridgehead atoms. The first-order valence-corrected chi connectivity index (χ1v) is 12.9. The highest BCUT2D eigenvalue weighted by Gasteiger charge is 2.27. The van der Waals surface area contributed by atoms with Crippen LogP contribution in [0.4, 0.5) is 0 Å². The van der Waals surface area contributed by atoms with Gasteiger partial charge in [-0.1, -0.05) is 43.0 Å². The zero-order valence-corrected chi connectivity index (χ0v) is 23.0. The number of amides is 1. The van der Waals surface area contributed by atoms with Gasteiger partial charge in [0, 0.05) is 29.2 Å². The number of terminal acetylenes is 1. The van der Waals surface area contributed by atoms with Gasteiger partial charge in [0.25, 0.3) is 5.91 Å². The van der Waals surface area contributed by atoms with E-state index in [0.717, 1.165) is 27.8 Å². The lowest BCUT2D eigenvalue weighted by atomic mass is 9.95. The Hall–Kier alpha value is -3.27. The predicted octanol–water partition coefficient (Wildman–Crippen LogP) is 6.02. The van der Waals surface area contributed by atoms with E-state index in [1.165, 1.54) is 0 Å². The van der Waals surface area contributed by atoms with E-state index >= 15 is 0 Å². The molecule has 7 heteroatoms. The van der Waals surface area contributed by atoms with Crippen molar-refractivity contribution < 1.29 is 24.5 Å². The first kappa shape index (κ1) is 30.0. The smallest absolute Gasteiger partial charge is 0.329 e. The number of piperidine rings is 1. The summed E-state index contributed by atoms with van der Waals surface area (Å²) in [5.74, 6) is 1.25. The Labute approximate surface area is 224 Å². The molecule has 0 aliphatic carbocycles. The van der Waals surface area contributed by atoms with Crippen LogP contribution in [0.15, 0.2) is 29.8 Å². The lowest BCUT2D eigenvalue weighted by Crippen LogP contribution is -2.41. The molecule has 37 heavy (non-hydrogen) atoms. The number of aliphatic carboxylic acids is 1. The quantitative estimate of drug-likeness (QED) is 0.431. The second-order valence-electron chi connectivity index (χ2n) is 8.95. The van der Waals surface area contributed by atoms with E-state index in [9.17, 15) is 14.7 Å². The minimum absolute atomic E-state index is 0.115. The summed E-state index contributed by atoms with van der Waals surface area (Å²) >= 11 is 6.42. The number of benzene rings is 2. The first-order chi connectivity index (χ1) is 17.6. The molecule has 1 heterocycles. The van der Waals surface area contributed by atoms with Gasteiger partial charge in [0.1, 0.15) is 12.4 Å². The summed E-state index contributed by atoms with van der Waals surface area (Å²) in [7, 11) is 0. The minimum Gasteiger partial charge on any atom is -0.507 e. The number of hydrogen-bond acceptors (Lipinski definition) is 4. The van der Waals surface area contributed by atoms with Gasteiger partial charge >= 0.3 is 5.97 Å². The molecule has 1 fully saturated rings.